The molecule has 3 aromatic rings. The molecule has 0 saturated carbocycles. The maximum atomic E-state index is 13.9. The van der Waals surface area contributed by atoms with Crippen LogP contribution in [0.2, 0.25) is 5.02 Å². The first-order valence-corrected chi connectivity index (χ1v) is 12.0. The number of aliphatic hydroxyl groups is 1. The van der Waals surface area contributed by atoms with Gasteiger partial charge >= 0.3 is 29.6 Å². The summed E-state index contributed by atoms with van der Waals surface area (Å²) < 4.78 is 39.4. The smallest absolute Gasteiger partial charge is 0.545 e. The molecule has 0 bridgehead atoms. The quantitative estimate of drug-likeness (QED) is 0.388. The van der Waals surface area contributed by atoms with Gasteiger partial charge in [0.25, 0.3) is 0 Å². The zero-order valence-corrected chi connectivity index (χ0v) is 22.2. The van der Waals surface area contributed by atoms with Gasteiger partial charge in [-0.1, -0.05) is 35.9 Å². The van der Waals surface area contributed by atoms with Gasteiger partial charge in [-0.2, -0.15) is 0 Å². The molecule has 0 heterocycles. The van der Waals surface area contributed by atoms with Gasteiger partial charge in [0.2, 0.25) is 9.84 Å². The third kappa shape index (κ3) is 7.11. The number of benzene rings is 3. The molecule has 0 fully saturated rings. The number of sulfone groups is 1. The van der Waals surface area contributed by atoms with Crippen LogP contribution in [0.5, 0.6) is 0 Å². The van der Waals surface area contributed by atoms with Crippen LogP contribution >= 0.6 is 11.6 Å². The monoisotopic (exact) mass is 513 g/mol. The van der Waals surface area contributed by atoms with Crippen molar-refractivity contribution in [2.24, 2.45) is 0 Å². The summed E-state index contributed by atoms with van der Waals surface area (Å²) in [6.45, 7) is 2.26. The molecule has 0 spiro atoms. The summed E-state index contributed by atoms with van der Waals surface area (Å²) in [5, 5.41) is 24.9. The van der Waals surface area contributed by atoms with Crippen molar-refractivity contribution < 1.29 is 57.4 Å². The van der Waals surface area contributed by atoms with Gasteiger partial charge in [-0.3, -0.25) is 0 Å². The largest absolute Gasteiger partial charge is 1.00 e. The normalized spacial score (nSPS) is 13.1. The summed E-state index contributed by atoms with van der Waals surface area (Å²) in [5.74, 6) is -2.89. The van der Waals surface area contributed by atoms with Crippen molar-refractivity contribution in [3.05, 3.63) is 94.3 Å². The molecule has 0 aliphatic heterocycles. The van der Waals surface area contributed by atoms with Crippen molar-refractivity contribution in [3.63, 3.8) is 0 Å². The number of nitrogens with one attached hydrogen (secondary N) is 1. The van der Waals surface area contributed by atoms with Crippen LogP contribution in [0.4, 0.5) is 4.39 Å². The number of carboxylic acids is 1. The maximum absolute atomic E-state index is 13.9. The number of aliphatic hydroxyl groups excluding tert-OH is 1. The average molecular weight is 514 g/mol. The molecule has 2 N–H and O–H groups in total. The van der Waals surface area contributed by atoms with Gasteiger partial charge in [-0.05, 0) is 66.9 Å². The van der Waals surface area contributed by atoms with Crippen LogP contribution in [-0.4, -0.2) is 32.1 Å². The van der Waals surface area contributed by atoms with Crippen LogP contribution in [0.15, 0.2) is 76.5 Å². The van der Waals surface area contributed by atoms with Gasteiger partial charge in [0.05, 0.1) is 21.9 Å². The Morgan fingerprint density at radius 3 is 2.32 bits per heavy atom. The second-order valence-electron chi connectivity index (χ2n) is 7.66. The molecular weight excluding hydrogens is 492 g/mol. The number of hydrogen-bond acceptors (Lipinski definition) is 6. The summed E-state index contributed by atoms with van der Waals surface area (Å²) in [6.07, 6.45) is -0.139. The van der Waals surface area contributed by atoms with Crippen LogP contribution in [0.3, 0.4) is 0 Å². The molecule has 3 aromatic carbocycles. The number of carboxylic acid groups (broad SMARTS) is 1. The SMILES string of the molecule is C[C@H](Cc1ccc(S(=O)(=O)c2ccc(C(=O)[O-])c(F)c2)cc1)NC[C@H](O)c1cccc(Cl)c1.[Na+]. The molecule has 0 aromatic heterocycles. The van der Waals surface area contributed by atoms with E-state index in [2.05, 4.69) is 5.32 Å². The number of rotatable bonds is 9. The summed E-state index contributed by atoms with van der Waals surface area (Å²) in [7, 11) is -4.02. The van der Waals surface area contributed by atoms with Gasteiger partial charge in [-0.25, -0.2) is 12.8 Å². The van der Waals surface area contributed by atoms with E-state index in [1.165, 1.54) is 12.1 Å². The Morgan fingerprint density at radius 2 is 1.74 bits per heavy atom. The summed E-state index contributed by atoms with van der Waals surface area (Å²) in [4.78, 5) is 10.4. The van der Waals surface area contributed by atoms with Gasteiger partial charge in [0, 0.05) is 23.2 Å². The number of hydrogen-bond donors (Lipinski definition) is 2. The molecule has 0 saturated heterocycles. The fraction of sp³-hybridized carbons (Fsp3) is 0.208. The molecule has 0 aliphatic carbocycles. The third-order valence-electron chi connectivity index (χ3n) is 5.14. The second-order valence-corrected chi connectivity index (χ2v) is 10.0. The Labute approximate surface area is 225 Å². The molecule has 0 radical (unpaired) electrons. The Balaban J connectivity index is 0.00000408. The van der Waals surface area contributed by atoms with Crippen LogP contribution in [0.25, 0.3) is 0 Å². The number of carbonyl (C=O) groups is 1. The average Bonchev–Trinajstić information content (AvgIpc) is 2.77. The van der Waals surface area contributed by atoms with Crippen molar-refractivity contribution in [1.82, 2.24) is 5.32 Å². The van der Waals surface area contributed by atoms with Gasteiger partial charge in [0.15, 0.2) is 0 Å². The van der Waals surface area contributed by atoms with E-state index in [0.717, 1.165) is 17.7 Å². The molecule has 3 rings (SSSR count). The van der Waals surface area contributed by atoms with E-state index in [9.17, 15) is 27.8 Å². The van der Waals surface area contributed by atoms with Crippen LogP contribution in [0.1, 0.15) is 34.5 Å². The fourth-order valence-electron chi connectivity index (χ4n) is 3.34. The fourth-order valence-corrected chi connectivity index (χ4v) is 4.81. The van der Waals surface area contributed by atoms with E-state index < -0.39 is 33.3 Å². The first-order valence-electron chi connectivity index (χ1n) is 10.1. The number of aromatic carboxylic acids is 1. The van der Waals surface area contributed by atoms with E-state index in [0.29, 0.717) is 29.6 Å². The second kappa shape index (κ2) is 12.3. The topological polar surface area (TPSA) is 107 Å². The molecule has 6 nitrogen and oxygen atoms in total. The first kappa shape index (κ1) is 28.5. The summed E-state index contributed by atoms with van der Waals surface area (Å²) >= 11 is 5.95. The number of halogens is 2. The van der Waals surface area contributed by atoms with Crippen molar-refractivity contribution in [2.75, 3.05) is 6.54 Å². The zero-order chi connectivity index (χ0) is 24.2. The van der Waals surface area contributed by atoms with Gasteiger partial charge < -0.3 is 20.3 Å². The predicted octanol–water partition coefficient (Wildman–Crippen LogP) is -0.0664. The van der Waals surface area contributed by atoms with Crippen LogP contribution in [-0.2, 0) is 16.3 Å². The Hall–Kier alpha value is -1.78. The van der Waals surface area contributed by atoms with Crippen molar-refractivity contribution in [1.29, 1.82) is 0 Å². The van der Waals surface area contributed by atoms with Crippen LogP contribution in [0, 0.1) is 5.82 Å². The summed E-state index contributed by atoms with van der Waals surface area (Å²) in [5.41, 5.74) is 0.872. The van der Waals surface area contributed by atoms with E-state index in [-0.39, 0.29) is 45.4 Å². The molecule has 34 heavy (non-hydrogen) atoms. The van der Waals surface area contributed by atoms with Crippen molar-refractivity contribution >= 4 is 27.4 Å². The van der Waals surface area contributed by atoms with Gasteiger partial charge in [-0.15, -0.1) is 0 Å². The summed E-state index contributed by atoms with van der Waals surface area (Å²) in [6, 6.07) is 15.7. The van der Waals surface area contributed by atoms with Crippen LogP contribution < -0.4 is 40.0 Å². The van der Waals surface area contributed by atoms with Crippen molar-refractivity contribution in [3.8, 4) is 0 Å². The molecule has 0 amide bonds. The zero-order valence-electron chi connectivity index (χ0n) is 18.7. The molecule has 2 atom stereocenters. The third-order valence-corrected chi connectivity index (χ3v) is 7.14. The van der Waals surface area contributed by atoms with Crippen molar-refractivity contribution in [2.45, 2.75) is 35.3 Å². The molecule has 0 aliphatic rings. The predicted molar refractivity (Wildman–Crippen MR) is 120 cm³/mol. The molecule has 174 valence electrons. The standard InChI is InChI=1S/C24H23ClFNO5S.Na/c1-15(27-14-23(28)17-3-2-4-18(25)12-17)11-16-5-7-19(8-6-16)33(31,32)20-9-10-21(24(29)30)22(26)13-20;/h2-10,12-13,15,23,27-28H,11,14H2,1H3,(H,29,30);/q;+1/p-1/t15-,23+;/m1./s1. The Kier molecular flexibility index (Phi) is 10.3. The minimum atomic E-state index is -4.02. The van der Waals surface area contributed by atoms with E-state index in [1.54, 1.807) is 36.4 Å². The molecule has 0 unspecified atom stereocenters. The molecule has 10 heteroatoms. The maximum Gasteiger partial charge on any atom is 1.00 e. The van der Waals surface area contributed by atoms with E-state index in [4.69, 9.17) is 11.6 Å². The minimum Gasteiger partial charge on any atom is -0.545 e. The number of carbonyl (C=O) groups excluding carboxylic acids is 1. The first-order chi connectivity index (χ1) is 15.6. The van der Waals surface area contributed by atoms with E-state index >= 15 is 0 Å². The Morgan fingerprint density at radius 1 is 1.09 bits per heavy atom. The van der Waals surface area contributed by atoms with E-state index in [1.807, 2.05) is 6.92 Å². The Bertz CT molecular complexity index is 1250. The van der Waals surface area contributed by atoms with Gasteiger partial charge in [0.1, 0.15) is 5.82 Å². The molecular formula is C24H22ClFNNaO5S. The minimum absolute atomic E-state index is 0.